The Morgan fingerprint density at radius 2 is 2.22 bits per heavy atom. The van der Waals surface area contributed by atoms with E-state index in [1.54, 1.807) is 0 Å². The van der Waals surface area contributed by atoms with E-state index >= 15 is 0 Å². The summed E-state index contributed by atoms with van der Waals surface area (Å²) < 4.78 is 0. The van der Waals surface area contributed by atoms with E-state index in [4.69, 9.17) is 0 Å². The van der Waals surface area contributed by atoms with Crippen molar-refractivity contribution in [2.75, 3.05) is 6.17 Å². The van der Waals surface area contributed by atoms with Crippen LogP contribution in [0.1, 0.15) is 13.8 Å². The molecule has 0 aromatic carbocycles. The van der Waals surface area contributed by atoms with Crippen molar-refractivity contribution in [3.63, 3.8) is 0 Å². The number of carbonyl (C=O) groups is 1. The predicted molar refractivity (Wildman–Crippen MR) is 40.9 cm³/mol. The van der Waals surface area contributed by atoms with Crippen molar-refractivity contribution in [3.8, 4) is 0 Å². The standard InChI is InChI=1S/C5H14N2OSi/c1-4(2)5(8)7-6-3-9/h4,6H,3H2,1-2,9H3,(H,7,8). The lowest BCUT2D eigenvalue weighted by molar-refractivity contribution is -0.124. The second kappa shape index (κ2) is 4.52. The molecule has 0 aliphatic rings. The summed E-state index contributed by atoms with van der Waals surface area (Å²) in [6.45, 7) is 3.73. The van der Waals surface area contributed by atoms with Gasteiger partial charge in [0.15, 0.2) is 0 Å². The predicted octanol–water partition coefficient (Wildman–Crippen LogP) is -1.41. The van der Waals surface area contributed by atoms with Crippen LogP contribution in [0.15, 0.2) is 0 Å². The normalized spacial score (nSPS) is 10.1. The summed E-state index contributed by atoms with van der Waals surface area (Å²) >= 11 is 0. The molecule has 54 valence electrons. The maximum Gasteiger partial charge on any atom is 0.236 e. The number of hydrazine groups is 1. The number of amides is 1. The van der Waals surface area contributed by atoms with Crippen LogP contribution in [-0.2, 0) is 4.79 Å². The molecular formula is C5H14N2OSi. The summed E-state index contributed by atoms with van der Waals surface area (Å²) in [4.78, 5) is 10.7. The Balaban J connectivity index is 3.28. The summed E-state index contributed by atoms with van der Waals surface area (Å²) in [7, 11) is 1.06. The van der Waals surface area contributed by atoms with Gasteiger partial charge >= 0.3 is 0 Å². The van der Waals surface area contributed by atoms with Gasteiger partial charge in [0.1, 0.15) is 0 Å². The first-order valence-corrected chi connectivity index (χ1v) is 4.62. The van der Waals surface area contributed by atoms with Crippen LogP contribution in [0.4, 0.5) is 0 Å². The third-order valence-electron chi connectivity index (χ3n) is 0.913. The van der Waals surface area contributed by atoms with Crippen LogP contribution in [0, 0.1) is 5.92 Å². The van der Waals surface area contributed by atoms with E-state index in [9.17, 15) is 4.79 Å². The van der Waals surface area contributed by atoms with Crippen LogP contribution >= 0.6 is 0 Å². The first kappa shape index (κ1) is 8.65. The maximum absolute atomic E-state index is 10.7. The second-order valence-electron chi connectivity index (χ2n) is 2.17. The van der Waals surface area contributed by atoms with E-state index in [0.29, 0.717) is 0 Å². The fourth-order valence-electron chi connectivity index (χ4n) is 0.320. The summed E-state index contributed by atoms with van der Waals surface area (Å²) in [5.41, 5.74) is 5.37. The summed E-state index contributed by atoms with van der Waals surface area (Å²) in [6.07, 6.45) is 0.901. The van der Waals surface area contributed by atoms with E-state index < -0.39 is 0 Å². The van der Waals surface area contributed by atoms with Gasteiger partial charge in [-0.15, -0.1) is 0 Å². The fraction of sp³-hybridized carbons (Fsp3) is 0.800. The molecule has 0 fully saturated rings. The van der Waals surface area contributed by atoms with Crippen LogP contribution in [0.5, 0.6) is 0 Å². The molecular weight excluding hydrogens is 132 g/mol. The van der Waals surface area contributed by atoms with E-state index in [1.165, 1.54) is 0 Å². The highest BCUT2D eigenvalue weighted by Crippen LogP contribution is 1.87. The largest absolute Gasteiger partial charge is 0.292 e. The molecule has 2 N–H and O–H groups in total. The minimum atomic E-state index is 0.0610. The van der Waals surface area contributed by atoms with Crippen LogP contribution < -0.4 is 10.9 Å². The zero-order valence-electron chi connectivity index (χ0n) is 6.19. The monoisotopic (exact) mass is 146 g/mol. The fourth-order valence-corrected chi connectivity index (χ4v) is 0.497. The molecule has 4 heteroatoms. The van der Waals surface area contributed by atoms with Crippen molar-refractivity contribution in [1.29, 1.82) is 0 Å². The first-order chi connectivity index (χ1) is 4.18. The van der Waals surface area contributed by atoms with Crippen molar-refractivity contribution in [3.05, 3.63) is 0 Å². The molecule has 1 amide bonds. The van der Waals surface area contributed by atoms with Crippen LogP contribution in [0.25, 0.3) is 0 Å². The van der Waals surface area contributed by atoms with E-state index in [1.807, 2.05) is 13.8 Å². The lowest BCUT2D eigenvalue weighted by Gasteiger charge is -2.05. The molecule has 3 nitrogen and oxygen atoms in total. The van der Waals surface area contributed by atoms with Gasteiger partial charge in [-0.1, -0.05) is 13.8 Å². The molecule has 0 bridgehead atoms. The van der Waals surface area contributed by atoms with Crippen molar-refractivity contribution in [2.24, 2.45) is 5.92 Å². The first-order valence-electron chi connectivity index (χ1n) is 3.21. The molecule has 0 atom stereocenters. The Kier molecular flexibility index (Phi) is 4.34. The highest BCUT2D eigenvalue weighted by Gasteiger charge is 2.03. The van der Waals surface area contributed by atoms with Gasteiger partial charge in [-0.3, -0.25) is 10.2 Å². The molecule has 0 unspecified atom stereocenters. The van der Waals surface area contributed by atoms with Gasteiger partial charge in [-0.2, -0.15) is 0 Å². The van der Waals surface area contributed by atoms with Crippen LogP contribution in [-0.4, -0.2) is 22.3 Å². The molecule has 0 aromatic rings. The molecule has 9 heavy (non-hydrogen) atoms. The van der Waals surface area contributed by atoms with Crippen molar-refractivity contribution < 1.29 is 4.79 Å². The molecule has 0 aliphatic heterocycles. The van der Waals surface area contributed by atoms with Gasteiger partial charge in [0.05, 0.1) is 0 Å². The molecule has 0 heterocycles. The number of hydrogen-bond acceptors (Lipinski definition) is 2. The molecule has 0 aromatic heterocycles. The molecule has 0 rings (SSSR count). The van der Waals surface area contributed by atoms with Gasteiger partial charge < -0.3 is 0 Å². The van der Waals surface area contributed by atoms with Crippen LogP contribution in [0.2, 0.25) is 0 Å². The summed E-state index contributed by atoms with van der Waals surface area (Å²) in [5.74, 6) is 0.136. The Morgan fingerprint density at radius 1 is 1.67 bits per heavy atom. The highest BCUT2D eigenvalue weighted by atomic mass is 28.1. The topological polar surface area (TPSA) is 41.1 Å². The number of carbonyl (C=O) groups excluding carboxylic acids is 1. The SMILES string of the molecule is CC(C)C(=O)NNC[SiH3]. The lowest BCUT2D eigenvalue weighted by atomic mass is 10.2. The van der Waals surface area contributed by atoms with E-state index in [-0.39, 0.29) is 11.8 Å². The molecule has 0 radical (unpaired) electrons. The number of nitrogens with one attached hydrogen (secondary N) is 2. The van der Waals surface area contributed by atoms with Crippen molar-refractivity contribution >= 4 is 16.1 Å². The van der Waals surface area contributed by atoms with Crippen molar-refractivity contribution in [2.45, 2.75) is 13.8 Å². The minimum absolute atomic E-state index is 0.0610. The Labute approximate surface area is 58.6 Å². The molecule has 0 saturated carbocycles. The maximum atomic E-state index is 10.7. The number of hydrogen-bond donors (Lipinski definition) is 2. The molecule has 0 aliphatic carbocycles. The van der Waals surface area contributed by atoms with Crippen molar-refractivity contribution in [1.82, 2.24) is 10.9 Å². The molecule has 0 saturated heterocycles. The lowest BCUT2D eigenvalue weighted by Crippen LogP contribution is -2.40. The third kappa shape index (κ3) is 4.17. The number of rotatable bonds is 3. The van der Waals surface area contributed by atoms with Gasteiger partial charge in [-0.25, -0.2) is 5.43 Å². The Bertz CT molecular complexity index is 95.0. The smallest absolute Gasteiger partial charge is 0.236 e. The van der Waals surface area contributed by atoms with Gasteiger partial charge in [0.2, 0.25) is 5.91 Å². The van der Waals surface area contributed by atoms with E-state index in [2.05, 4.69) is 10.9 Å². The minimum Gasteiger partial charge on any atom is -0.292 e. The second-order valence-corrected chi connectivity index (χ2v) is 2.88. The average Bonchev–Trinajstić information content (AvgIpc) is 1.82. The van der Waals surface area contributed by atoms with Gasteiger partial charge in [0.25, 0.3) is 0 Å². The summed E-state index contributed by atoms with van der Waals surface area (Å²) in [6, 6.07) is 0. The summed E-state index contributed by atoms with van der Waals surface area (Å²) in [5, 5.41) is 0. The zero-order chi connectivity index (χ0) is 7.28. The van der Waals surface area contributed by atoms with E-state index in [0.717, 1.165) is 16.4 Å². The third-order valence-corrected chi connectivity index (χ3v) is 1.27. The van der Waals surface area contributed by atoms with Gasteiger partial charge in [-0.05, 0) is 6.17 Å². The van der Waals surface area contributed by atoms with Crippen LogP contribution in [0.3, 0.4) is 0 Å². The van der Waals surface area contributed by atoms with Gasteiger partial charge in [0, 0.05) is 16.2 Å². The zero-order valence-corrected chi connectivity index (χ0v) is 8.19. The quantitative estimate of drug-likeness (QED) is 0.379. The Morgan fingerprint density at radius 3 is 2.56 bits per heavy atom. The Hall–Kier alpha value is -0.353. The average molecular weight is 146 g/mol. The molecule has 0 spiro atoms. The highest BCUT2D eigenvalue weighted by molar-refractivity contribution is 6.08.